The molecule has 0 spiro atoms. The van der Waals surface area contributed by atoms with E-state index in [4.69, 9.17) is 13.7 Å². The van der Waals surface area contributed by atoms with E-state index in [-0.39, 0.29) is 78.9 Å². The zero-order valence-corrected chi connectivity index (χ0v) is 35.0. The van der Waals surface area contributed by atoms with Crippen molar-refractivity contribution in [2.75, 3.05) is 19.8 Å². The molecule has 17 heteroatoms. The van der Waals surface area contributed by atoms with Crippen LogP contribution in [0, 0.1) is 0 Å². The van der Waals surface area contributed by atoms with Gasteiger partial charge in [0.1, 0.15) is 0 Å². The molecule has 0 rings (SSSR count). The predicted octanol–water partition coefficient (Wildman–Crippen LogP) is 9.88. The Balaban J connectivity index is -0.000000213. The molecule has 0 amide bonds. The van der Waals surface area contributed by atoms with Gasteiger partial charge in [-0.1, -0.05) is 194 Å². The molecule has 0 aliphatic heterocycles. The van der Waals surface area contributed by atoms with Crippen molar-refractivity contribution in [1.82, 2.24) is 0 Å². The summed E-state index contributed by atoms with van der Waals surface area (Å²) >= 11 is 0. The van der Waals surface area contributed by atoms with Crippen molar-refractivity contribution in [3.63, 3.8) is 0 Å². The molecule has 0 saturated heterocycles. The average Bonchev–Trinajstić information content (AvgIpc) is 3.04. The third-order valence-corrected chi connectivity index (χ3v) is 9.58. The van der Waals surface area contributed by atoms with Gasteiger partial charge >= 0.3 is 90.3 Å². The molecule has 0 atom stereocenters. The van der Waals surface area contributed by atoms with Crippen LogP contribution in [0.1, 0.15) is 213 Å². The van der Waals surface area contributed by atoms with Crippen molar-refractivity contribution in [2.24, 2.45) is 0 Å². The first kappa shape index (κ1) is 63.8. The molecule has 0 aromatic rings. The molecule has 0 aromatic heterocycles. The van der Waals surface area contributed by atoms with E-state index in [0.717, 1.165) is 38.5 Å². The second kappa shape index (κ2) is 48.0. The van der Waals surface area contributed by atoms with Gasteiger partial charge in [0.25, 0.3) is 0 Å². The zero-order valence-electron chi connectivity index (χ0n) is 32.6. The monoisotopic (exact) mass is 846 g/mol. The number of unbranched alkanes of at least 4 members (excludes halogenated alkanes) is 27. The molecular formula is C36H80Na2O12S3. The van der Waals surface area contributed by atoms with Crippen LogP contribution in [0.2, 0.25) is 0 Å². The van der Waals surface area contributed by atoms with Crippen molar-refractivity contribution in [3.05, 3.63) is 0 Å². The van der Waals surface area contributed by atoms with Gasteiger partial charge in [0.15, 0.2) is 0 Å². The molecule has 0 fully saturated rings. The van der Waals surface area contributed by atoms with E-state index in [0.29, 0.717) is 19.3 Å². The molecule has 12 nitrogen and oxygen atoms in total. The predicted molar refractivity (Wildman–Crippen MR) is 222 cm³/mol. The molecular weight excluding hydrogens is 767 g/mol. The minimum atomic E-state index is -4.23. The summed E-state index contributed by atoms with van der Waals surface area (Å²) in [5, 5.41) is 0. The van der Waals surface area contributed by atoms with E-state index in [2.05, 4.69) is 33.3 Å². The summed E-state index contributed by atoms with van der Waals surface area (Å²) in [5.41, 5.74) is 0. The fraction of sp³-hybridized carbons (Fsp3) is 1.00. The van der Waals surface area contributed by atoms with Gasteiger partial charge in [-0.3, -0.25) is 13.7 Å². The van der Waals surface area contributed by atoms with E-state index in [9.17, 15) is 25.3 Å². The maximum atomic E-state index is 10.2. The minimum absolute atomic E-state index is 0. The Labute approximate surface area is 371 Å². The molecule has 316 valence electrons. The normalized spacial score (nSPS) is 11.4. The summed E-state index contributed by atoms with van der Waals surface area (Å²) in [6, 6.07) is 0. The van der Waals surface area contributed by atoms with Gasteiger partial charge in [-0.2, -0.15) is 25.3 Å². The van der Waals surface area contributed by atoms with E-state index < -0.39 is 31.2 Å². The van der Waals surface area contributed by atoms with Crippen molar-refractivity contribution in [3.8, 4) is 0 Å². The molecule has 0 bridgehead atoms. The van der Waals surface area contributed by atoms with Gasteiger partial charge in [0.05, 0.1) is 19.8 Å². The van der Waals surface area contributed by atoms with Crippen molar-refractivity contribution < 1.29 is 51.5 Å². The van der Waals surface area contributed by atoms with Gasteiger partial charge < -0.3 is 0 Å². The third kappa shape index (κ3) is 75.1. The molecule has 53 heavy (non-hydrogen) atoms. The van der Waals surface area contributed by atoms with Crippen LogP contribution in [-0.2, 0) is 43.7 Å². The summed E-state index contributed by atoms with van der Waals surface area (Å²) in [4.78, 5) is 0. The zero-order chi connectivity index (χ0) is 39.0. The van der Waals surface area contributed by atoms with E-state index in [1.165, 1.54) is 135 Å². The molecule has 0 aliphatic carbocycles. The Morgan fingerprint density at radius 3 is 0.547 bits per heavy atom. The van der Waals surface area contributed by atoms with Crippen LogP contribution in [0.3, 0.4) is 0 Å². The standard InChI is InChI=1S/3C12H26O4S.2Na.2H/c3*1-2-3-4-5-6-7-8-9-10-11-12-16-17(13,14)15;;;;/h3*2-12H2,1H3,(H,13,14,15);;;;. The van der Waals surface area contributed by atoms with Gasteiger partial charge in [-0.15, -0.1) is 0 Å². The first-order chi connectivity index (χ1) is 24.2. The van der Waals surface area contributed by atoms with Crippen molar-refractivity contribution >= 4 is 90.3 Å². The maximum absolute atomic E-state index is 10.2. The van der Waals surface area contributed by atoms with Crippen LogP contribution in [0.5, 0.6) is 0 Å². The first-order valence-corrected chi connectivity index (χ1v) is 24.1. The van der Waals surface area contributed by atoms with Crippen LogP contribution in [0.15, 0.2) is 0 Å². The molecule has 0 unspecified atom stereocenters. The molecule has 0 heterocycles. The first-order valence-electron chi connectivity index (χ1n) is 20.0. The van der Waals surface area contributed by atoms with Crippen LogP contribution < -0.4 is 0 Å². The van der Waals surface area contributed by atoms with Gasteiger partial charge in [-0.25, -0.2) is 12.5 Å². The Hall–Kier alpha value is 1.61. The van der Waals surface area contributed by atoms with Crippen molar-refractivity contribution in [2.45, 2.75) is 213 Å². The number of hydrogen-bond acceptors (Lipinski definition) is 9. The summed E-state index contributed by atoms with van der Waals surface area (Å²) in [6.07, 6.45) is 35.6. The van der Waals surface area contributed by atoms with Crippen LogP contribution in [-0.4, -0.2) is 118 Å². The van der Waals surface area contributed by atoms with Crippen LogP contribution in [0.25, 0.3) is 0 Å². The summed E-state index contributed by atoms with van der Waals surface area (Å²) in [7, 11) is -12.7. The molecule has 0 saturated carbocycles. The molecule has 3 N–H and O–H groups in total. The molecule has 0 aromatic carbocycles. The van der Waals surface area contributed by atoms with Gasteiger partial charge in [-0.05, 0) is 19.3 Å². The Kier molecular flexibility index (Phi) is 57.7. The SMILES string of the molecule is CCCCCCCCCCCCOS(=O)(=O)O.CCCCCCCCCCCCOS(=O)(=O)O.CCCCCCCCCCCCOS(=O)(=O)O.[NaH].[NaH]. The Bertz CT molecular complexity index is 888. The number of rotatable bonds is 36. The van der Waals surface area contributed by atoms with Gasteiger partial charge in [0.2, 0.25) is 0 Å². The van der Waals surface area contributed by atoms with Crippen LogP contribution in [0.4, 0.5) is 0 Å². The second-order valence-electron chi connectivity index (χ2n) is 13.3. The molecule has 0 radical (unpaired) electrons. The summed E-state index contributed by atoms with van der Waals surface area (Å²) in [5.74, 6) is 0. The third-order valence-electron chi connectivity index (χ3n) is 8.19. The van der Waals surface area contributed by atoms with E-state index >= 15 is 0 Å². The fourth-order valence-corrected chi connectivity index (χ4v) is 6.25. The molecule has 0 aliphatic rings. The summed E-state index contributed by atoms with van der Waals surface area (Å²) in [6.45, 7) is 6.93. The van der Waals surface area contributed by atoms with E-state index in [1.807, 2.05) is 0 Å². The van der Waals surface area contributed by atoms with E-state index in [1.54, 1.807) is 0 Å². The Morgan fingerprint density at radius 2 is 0.415 bits per heavy atom. The van der Waals surface area contributed by atoms with Crippen LogP contribution >= 0.6 is 0 Å². The topological polar surface area (TPSA) is 191 Å². The Morgan fingerprint density at radius 1 is 0.283 bits per heavy atom. The van der Waals surface area contributed by atoms with Gasteiger partial charge in [0, 0.05) is 0 Å². The van der Waals surface area contributed by atoms with Crippen molar-refractivity contribution in [1.29, 1.82) is 0 Å². The quantitative estimate of drug-likeness (QED) is 0.0308. The summed E-state index contributed by atoms with van der Waals surface area (Å²) < 4.78 is 99.0. The average molecular weight is 847 g/mol. The fourth-order valence-electron chi connectivity index (χ4n) is 5.26. The number of hydrogen-bond donors (Lipinski definition) is 3. The second-order valence-corrected chi connectivity index (χ2v) is 16.6.